The highest BCUT2D eigenvalue weighted by Crippen LogP contribution is 2.38. The summed E-state index contributed by atoms with van der Waals surface area (Å²) in [6, 6.07) is 12.8. The molecule has 0 atom stereocenters. The van der Waals surface area contributed by atoms with Crippen LogP contribution in [-0.4, -0.2) is 16.9 Å². The minimum atomic E-state index is -4.57. The predicted molar refractivity (Wildman–Crippen MR) is 110 cm³/mol. The van der Waals surface area contributed by atoms with E-state index in [0.717, 1.165) is 36.6 Å². The van der Waals surface area contributed by atoms with E-state index in [1.807, 2.05) is 6.07 Å². The molecule has 3 aromatic rings. The van der Waals surface area contributed by atoms with Crippen molar-refractivity contribution in [2.24, 2.45) is 11.1 Å². The average molecular weight is 451 g/mol. The lowest BCUT2D eigenvalue weighted by Gasteiger charge is -2.12. The van der Waals surface area contributed by atoms with Gasteiger partial charge in [-0.05, 0) is 79.3 Å². The van der Waals surface area contributed by atoms with E-state index >= 15 is 0 Å². The largest absolute Gasteiger partial charge is 0.496 e. The zero-order chi connectivity index (χ0) is 22.0. The molecule has 0 unspecified atom stereocenters. The van der Waals surface area contributed by atoms with Crippen molar-refractivity contribution in [3.8, 4) is 28.4 Å². The summed E-state index contributed by atoms with van der Waals surface area (Å²) in [6.07, 6.45) is -1.42. The van der Waals surface area contributed by atoms with Gasteiger partial charge in [-0.3, -0.25) is 5.14 Å². The molecule has 0 amide bonds. The van der Waals surface area contributed by atoms with Crippen LogP contribution in [0.1, 0.15) is 24.1 Å². The SMILES string of the molecule is COc1ccc(-c2cc(C(F)(F)F)nn2-c2ccc(OOSN)cc2)cc1CC1CC1. The molecule has 0 saturated heterocycles. The summed E-state index contributed by atoms with van der Waals surface area (Å²) in [5.41, 5.74) is 1.41. The molecule has 164 valence electrons. The number of nitrogens with zero attached hydrogens (tertiary/aromatic N) is 2. The van der Waals surface area contributed by atoms with Crippen molar-refractivity contribution in [3.63, 3.8) is 0 Å². The van der Waals surface area contributed by atoms with Crippen LogP contribution in [0, 0.1) is 5.92 Å². The van der Waals surface area contributed by atoms with Crippen molar-refractivity contribution < 1.29 is 27.1 Å². The normalized spacial score (nSPS) is 14.0. The van der Waals surface area contributed by atoms with Gasteiger partial charge in [0.2, 0.25) is 0 Å². The zero-order valence-electron chi connectivity index (χ0n) is 16.6. The van der Waals surface area contributed by atoms with Crippen LogP contribution in [0.5, 0.6) is 11.5 Å². The molecule has 0 aliphatic heterocycles. The Bertz CT molecular complexity index is 1050. The van der Waals surface area contributed by atoms with Crippen molar-refractivity contribution in [1.82, 2.24) is 9.78 Å². The van der Waals surface area contributed by atoms with Gasteiger partial charge in [0, 0.05) is 5.56 Å². The average Bonchev–Trinajstić information content (AvgIpc) is 3.45. The van der Waals surface area contributed by atoms with E-state index in [9.17, 15) is 13.2 Å². The first-order valence-electron chi connectivity index (χ1n) is 9.54. The zero-order valence-corrected chi connectivity index (χ0v) is 17.4. The highest BCUT2D eigenvalue weighted by Gasteiger charge is 2.35. The van der Waals surface area contributed by atoms with Crippen molar-refractivity contribution in [1.29, 1.82) is 0 Å². The first kappa shape index (κ1) is 21.5. The maximum atomic E-state index is 13.4. The lowest BCUT2D eigenvalue weighted by Crippen LogP contribution is -2.07. The molecule has 1 saturated carbocycles. The summed E-state index contributed by atoms with van der Waals surface area (Å²) in [7, 11) is 1.59. The molecule has 10 heteroatoms. The number of rotatable bonds is 8. The number of halogens is 3. The first-order chi connectivity index (χ1) is 14.9. The molecule has 1 fully saturated rings. The molecule has 6 nitrogen and oxygen atoms in total. The summed E-state index contributed by atoms with van der Waals surface area (Å²) in [5, 5.41) is 8.96. The fourth-order valence-electron chi connectivity index (χ4n) is 3.35. The Labute approximate surface area is 181 Å². The van der Waals surface area contributed by atoms with E-state index in [1.165, 1.54) is 4.68 Å². The van der Waals surface area contributed by atoms with E-state index in [1.54, 1.807) is 43.5 Å². The molecule has 1 heterocycles. The second kappa shape index (κ2) is 8.81. The molecular formula is C21H20F3N3O3S. The Morgan fingerprint density at radius 3 is 2.48 bits per heavy atom. The topological polar surface area (TPSA) is 71.5 Å². The Morgan fingerprint density at radius 1 is 1.13 bits per heavy atom. The number of hydrogen-bond donors (Lipinski definition) is 1. The third kappa shape index (κ3) is 4.97. The van der Waals surface area contributed by atoms with Crippen molar-refractivity contribution in [2.75, 3.05) is 7.11 Å². The van der Waals surface area contributed by atoms with Crippen LogP contribution in [0.3, 0.4) is 0 Å². The molecule has 2 N–H and O–H groups in total. The summed E-state index contributed by atoms with van der Waals surface area (Å²) < 4.78 is 51.7. The van der Waals surface area contributed by atoms with Gasteiger partial charge in [0.15, 0.2) is 11.4 Å². The Hall–Kier alpha value is -2.69. The van der Waals surface area contributed by atoms with Gasteiger partial charge in [-0.15, -0.1) is 0 Å². The number of ether oxygens (including phenoxy) is 1. The molecule has 31 heavy (non-hydrogen) atoms. The predicted octanol–water partition coefficient (Wildman–Crippen LogP) is 5.35. The van der Waals surface area contributed by atoms with E-state index in [-0.39, 0.29) is 0 Å². The Kier molecular flexibility index (Phi) is 6.12. The van der Waals surface area contributed by atoms with E-state index in [0.29, 0.717) is 40.8 Å². The second-order valence-electron chi connectivity index (χ2n) is 7.24. The third-order valence-corrected chi connectivity index (χ3v) is 5.18. The molecule has 0 radical (unpaired) electrons. The maximum absolute atomic E-state index is 13.4. The maximum Gasteiger partial charge on any atom is 0.435 e. The Morgan fingerprint density at radius 2 is 1.87 bits per heavy atom. The van der Waals surface area contributed by atoms with Crippen LogP contribution in [0.25, 0.3) is 16.9 Å². The van der Waals surface area contributed by atoms with E-state index in [2.05, 4.69) is 9.43 Å². The number of aromatic nitrogens is 2. The van der Waals surface area contributed by atoms with Crippen LogP contribution in [-0.2, 0) is 16.9 Å². The van der Waals surface area contributed by atoms with Crippen LogP contribution in [0.15, 0.2) is 48.5 Å². The number of alkyl halides is 3. The molecular weight excluding hydrogens is 431 g/mol. The summed E-state index contributed by atoms with van der Waals surface area (Å²) >= 11 is 0.541. The molecule has 2 aromatic carbocycles. The molecule has 0 bridgehead atoms. The highest BCUT2D eigenvalue weighted by molar-refractivity contribution is 7.92. The van der Waals surface area contributed by atoms with Gasteiger partial charge in [0.25, 0.3) is 0 Å². The van der Waals surface area contributed by atoms with Crippen LogP contribution >= 0.6 is 12.2 Å². The van der Waals surface area contributed by atoms with Gasteiger partial charge in [-0.25, -0.2) is 4.68 Å². The van der Waals surface area contributed by atoms with Crippen LogP contribution in [0.2, 0.25) is 0 Å². The van der Waals surface area contributed by atoms with Gasteiger partial charge in [0.05, 0.1) is 18.5 Å². The summed E-state index contributed by atoms with van der Waals surface area (Å²) in [6.45, 7) is 0. The third-order valence-electron chi connectivity index (χ3n) is 5.03. The molecule has 4 rings (SSSR count). The van der Waals surface area contributed by atoms with Gasteiger partial charge in [-0.2, -0.15) is 18.3 Å². The summed E-state index contributed by atoms with van der Waals surface area (Å²) in [5.74, 6) is 1.68. The quantitative estimate of drug-likeness (QED) is 0.215. The van der Waals surface area contributed by atoms with Crippen molar-refractivity contribution in [3.05, 3.63) is 59.8 Å². The molecule has 1 aromatic heterocycles. The number of benzene rings is 2. The monoisotopic (exact) mass is 451 g/mol. The minimum absolute atomic E-state index is 0.328. The Balaban J connectivity index is 1.76. The van der Waals surface area contributed by atoms with Gasteiger partial charge < -0.3 is 9.62 Å². The molecule has 1 aliphatic rings. The van der Waals surface area contributed by atoms with Crippen LogP contribution < -0.4 is 14.8 Å². The number of nitrogens with two attached hydrogens (primary N) is 1. The summed E-state index contributed by atoms with van der Waals surface area (Å²) in [4.78, 5) is 4.92. The van der Waals surface area contributed by atoms with E-state index < -0.39 is 11.9 Å². The van der Waals surface area contributed by atoms with Crippen molar-refractivity contribution in [2.45, 2.75) is 25.4 Å². The first-order valence-corrected chi connectivity index (χ1v) is 10.3. The fourth-order valence-corrected chi connectivity index (χ4v) is 3.47. The minimum Gasteiger partial charge on any atom is -0.496 e. The smallest absolute Gasteiger partial charge is 0.435 e. The number of hydrogen-bond acceptors (Lipinski definition) is 6. The second-order valence-corrected chi connectivity index (χ2v) is 7.57. The van der Waals surface area contributed by atoms with E-state index in [4.69, 9.17) is 14.8 Å². The van der Waals surface area contributed by atoms with Crippen LogP contribution in [0.4, 0.5) is 13.2 Å². The lowest BCUT2D eigenvalue weighted by molar-refractivity contribution is -0.141. The molecule has 0 spiro atoms. The fraction of sp³-hybridized carbons (Fsp3) is 0.286. The highest BCUT2D eigenvalue weighted by atomic mass is 32.2. The van der Waals surface area contributed by atoms with Gasteiger partial charge in [-0.1, -0.05) is 4.33 Å². The number of methoxy groups -OCH3 is 1. The molecule has 1 aliphatic carbocycles. The van der Waals surface area contributed by atoms with Crippen molar-refractivity contribution >= 4 is 12.2 Å². The van der Waals surface area contributed by atoms with Gasteiger partial charge in [0.1, 0.15) is 18.0 Å². The van der Waals surface area contributed by atoms with Gasteiger partial charge >= 0.3 is 6.18 Å². The standard InChI is InChI=1S/C21H20F3N3O3S/c1-28-19-9-4-14(11-15(19)10-13-2-3-13)18-12-20(21(22,23)24)26-27(18)16-5-7-17(8-6-16)29-30-31-25/h4-9,11-13H,2-3,10,25H2,1H3. The lowest BCUT2D eigenvalue weighted by atomic mass is 10.0.